The minimum absolute atomic E-state index is 0.0833. The molecule has 1 heterocycles. The maximum Gasteiger partial charge on any atom is 0.337 e. The molecule has 0 radical (unpaired) electrons. The Morgan fingerprint density at radius 3 is 2.63 bits per heavy atom. The molecule has 1 aromatic rings. The molecule has 1 aliphatic carbocycles. The number of pyridine rings is 1. The minimum atomic E-state index is -1.01. The van der Waals surface area contributed by atoms with Crippen LogP contribution in [0.2, 0.25) is 0 Å². The fourth-order valence-electron chi connectivity index (χ4n) is 1.95. The summed E-state index contributed by atoms with van der Waals surface area (Å²) in [4.78, 5) is 28.8. The third-order valence-corrected chi connectivity index (χ3v) is 3.17. The Balaban J connectivity index is 2.14. The van der Waals surface area contributed by atoms with E-state index in [2.05, 4.69) is 11.9 Å². The van der Waals surface area contributed by atoms with Crippen molar-refractivity contribution in [1.82, 2.24) is 4.98 Å². The van der Waals surface area contributed by atoms with Gasteiger partial charge in [-0.15, -0.1) is 0 Å². The Kier molecular flexibility index (Phi) is 4.14. The van der Waals surface area contributed by atoms with Crippen molar-refractivity contribution in [2.24, 2.45) is 0 Å². The van der Waals surface area contributed by atoms with Crippen LogP contribution in [0.3, 0.4) is 0 Å². The van der Waals surface area contributed by atoms with E-state index in [4.69, 9.17) is 5.11 Å². The second kappa shape index (κ2) is 5.82. The van der Waals surface area contributed by atoms with Crippen molar-refractivity contribution in [3.05, 3.63) is 23.9 Å². The zero-order chi connectivity index (χ0) is 13.8. The van der Waals surface area contributed by atoms with Gasteiger partial charge in [0.2, 0.25) is 5.91 Å². The van der Waals surface area contributed by atoms with Crippen molar-refractivity contribution in [2.45, 2.75) is 45.1 Å². The maximum absolute atomic E-state index is 12.2. The summed E-state index contributed by atoms with van der Waals surface area (Å²) >= 11 is 0. The number of hydrogen-bond acceptors (Lipinski definition) is 3. The van der Waals surface area contributed by atoms with Crippen LogP contribution >= 0.6 is 0 Å². The standard InChI is InChI=1S/C14H18N2O3/c1-2-3-4-13(17)16(11-6-7-11)12-8-5-10(9-15-12)14(18)19/h5,8-9,11H,2-4,6-7H2,1H3,(H,18,19). The van der Waals surface area contributed by atoms with Gasteiger partial charge in [0.05, 0.1) is 5.56 Å². The molecule has 102 valence electrons. The maximum atomic E-state index is 12.2. The normalized spacial score (nSPS) is 14.2. The van der Waals surface area contributed by atoms with Crippen LogP contribution in [0.25, 0.3) is 0 Å². The van der Waals surface area contributed by atoms with Gasteiger partial charge < -0.3 is 5.11 Å². The summed E-state index contributed by atoms with van der Waals surface area (Å²) in [6.45, 7) is 2.05. The highest BCUT2D eigenvalue weighted by molar-refractivity contribution is 5.94. The van der Waals surface area contributed by atoms with Crippen LogP contribution in [0.4, 0.5) is 5.82 Å². The van der Waals surface area contributed by atoms with Crippen molar-refractivity contribution in [1.29, 1.82) is 0 Å². The van der Waals surface area contributed by atoms with E-state index in [1.165, 1.54) is 12.3 Å². The van der Waals surface area contributed by atoms with Crippen molar-refractivity contribution in [3.63, 3.8) is 0 Å². The number of amides is 1. The fraction of sp³-hybridized carbons (Fsp3) is 0.500. The molecule has 1 saturated carbocycles. The third-order valence-electron chi connectivity index (χ3n) is 3.17. The number of anilines is 1. The number of aromatic nitrogens is 1. The van der Waals surface area contributed by atoms with Gasteiger partial charge in [0, 0.05) is 18.7 Å². The molecule has 19 heavy (non-hydrogen) atoms. The number of aromatic carboxylic acids is 1. The van der Waals surface area contributed by atoms with Crippen LogP contribution in [0.5, 0.6) is 0 Å². The van der Waals surface area contributed by atoms with Crippen LogP contribution in [0, 0.1) is 0 Å². The van der Waals surface area contributed by atoms with E-state index in [0.29, 0.717) is 12.2 Å². The van der Waals surface area contributed by atoms with E-state index in [1.807, 2.05) is 0 Å². The number of unbranched alkanes of at least 4 members (excludes halogenated alkanes) is 1. The summed E-state index contributed by atoms with van der Waals surface area (Å²) in [5.41, 5.74) is 0.139. The van der Waals surface area contributed by atoms with Gasteiger partial charge >= 0.3 is 5.97 Å². The molecule has 1 fully saturated rings. The first-order valence-corrected chi connectivity index (χ1v) is 6.65. The molecule has 0 aliphatic heterocycles. The SMILES string of the molecule is CCCCC(=O)N(c1ccc(C(=O)O)cn1)C1CC1. The Morgan fingerprint density at radius 1 is 1.42 bits per heavy atom. The van der Waals surface area contributed by atoms with Crippen molar-refractivity contribution >= 4 is 17.7 Å². The van der Waals surface area contributed by atoms with Crippen molar-refractivity contribution in [2.75, 3.05) is 4.90 Å². The Hall–Kier alpha value is -1.91. The topological polar surface area (TPSA) is 70.5 Å². The number of carbonyl (C=O) groups is 2. The monoisotopic (exact) mass is 262 g/mol. The van der Waals surface area contributed by atoms with E-state index >= 15 is 0 Å². The highest BCUT2D eigenvalue weighted by atomic mass is 16.4. The molecule has 5 nitrogen and oxygen atoms in total. The van der Waals surface area contributed by atoms with E-state index in [-0.39, 0.29) is 17.5 Å². The van der Waals surface area contributed by atoms with Crippen LogP contribution in [0.15, 0.2) is 18.3 Å². The molecule has 0 atom stereocenters. The first-order chi connectivity index (χ1) is 9.13. The molecule has 1 aliphatic rings. The molecule has 0 unspecified atom stereocenters. The molecule has 0 saturated heterocycles. The lowest BCUT2D eigenvalue weighted by atomic mass is 10.2. The Labute approximate surface area is 112 Å². The molecular formula is C14H18N2O3. The zero-order valence-electron chi connectivity index (χ0n) is 11.0. The number of nitrogens with zero attached hydrogens (tertiary/aromatic N) is 2. The van der Waals surface area contributed by atoms with Gasteiger partial charge in [-0.1, -0.05) is 13.3 Å². The average molecular weight is 262 g/mol. The third kappa shape index (κ3) is 3.30. The zero-order valence-corrected chi connectivity index (χ0v) is 11.0. The van der Waals surface area contributed by atoms with Crippen LogP contribution < -0.4 is 4.90 Å². The number of carboxylic acid groups (broad SMARTS) is 1. The predicted molar refractivity (Wildman–Crippen MR) is 71.2 cm³/mol. The van der Waals surface area contributed by atoms with Gasteiger partial charge in [-0.2, -0.15) is 0 Å². The van der Waals surface area contributed by atoms with Gasteiger partial charge in [0.15, 0.2) is 0 Å². The average Bonchev–Trinajstić information content (AvgIpc) is 3.22. The first-order valence-electron chi connectivity index (χ1n) is 6.65. The smallest absolute Gasteiger partial charge is 0.337 e. The van der Waals surface area contributed by atoms with Gasteiger partial charge in [-0.25, -0.2) is 9.78 Å². The number of rotatable bonds is 6. The molecule has 0 aromatic carbocycles. The summed E-state index contributed by atoms with van der Waals surface area (Å²) in [6.07, 6.45) is 5.68. The van der Waals surface area contributed by atoms with Crippen LogP contribution in [-0.4, -0.2) is 28.0 Å². The van der Waals surface area contributed by atoms with Crippen LogP contribution in [0.1, 0.15) is 49.4 Å². The summed E-state index contributed by atoms with van der Waals surface area (Å²) in [5.74, 6) is -0.358. The lowest BCUT2D eigenvalue weighted by Crippen LogP contribution is -2.33. The molecule has 2 rings (SSSR count). The molecule has 0 spiro atoms. The molecule has 0 bridgehead atoms. The van der Waals surface area contributed by atoms with Gasteiger partial charge in [0.25, 0.3) is 0 Å². The Bertz CT molecular complexity index is 466. The quantitative estimate of drug-likeness (QED) is 0.855. The summed E-state index contributed by atoms with van der Waals surface area (Å²) in [5, 5.41) is 8.84. The largest absolute Gasteiger partial charge is 0.478 e. The minimum Gasteiger partial charge on any atom is -0.478 e. The molecule has 5 heteroatoms. The highest BCUT2D eigenvalue weighted by Gasteiger charge is 2.34. The summed E-state index contributed by atoms with van der Waals surface area (Å²) in [6, 6.07) is 3.35. The highest BCUT2D eigenvalue weighted by Crippen LogP contribution is 2.31. The lowest BCUT2D eigenvalue weighted by molar-refractivity contribution is -0.118. The molecule has 1 N–H and O–H groups in total. The second-order valence-corrected chi connectivity index (χ2v) is 4.81. The molecule has 1 amide bonds. The van der Waals surface area contributed by atoms with Crippen molar-refractivity contribution in [3.8, 4) is 0 Å². The number of carboxylic acids is 1. The summed E-state index contributed by atoms with van der Waals surface area (Å²) < 4.78 is 0. The number of carbonyl (C=O) groups excluding carboxylic acids is 1. The van der Waals surface area contributed by atoms with E-state index < -0.39 is 5.97 Å². The van der Waals surface area contributed by atoms with E-state index in [0.717, 1.165) is 25.7 Å². The van der Waals surface area contributed by atoms with Crippen molar-refractivity contribution < 1.29 is 14.7 Å². The van der Waals surface area contributed by atoms with E-state index in [9.17, 15) is 9.59 Å². The van der Waals surface area contributed by atoms with Gasteiger partial charge in [0.1, 0.15) is 5.82 Å². The summed E-state index contributed by atoms with van der Waals surface area (Å²) in [7, 11) is 0. The fourth-order valence-corrected chi connectivity index (χ4v) is 1.95. The first kappa shape index (κ1) is 13.5. The number of hydrogen-bond donors (Lipinski definition) is 1. The van der Waals surface area contributed by atoms with Gasteiger partial charge in [-0.3, -0.25) is 9.69 Å². The van der Waals surface area contributed by atoms with Gasteiger partial charge in [-0.05, 0) is 31.4 Å². The van der Waals surface area contributed by atoms with Crippen LogP contribution in [-0.2, 0) is 4.79 Å². The molecular weight excluding hydrogens is 244 g/mol. The lowest BCUT2D eigenvalue weighted by Gasteiger charge is -2.21. The predicted octanol–water partition coefficient (Wildman–Crippen LogP) is 2.47. The molecule has 1 aromatic heterocycles. The second-order valence-electron chi connectivity index (χ2n) is 4.81. The Morgan fingerprint density at radius 2 is 2.16 bits per heavy atom. The van der Waals surface area contributed by atoms with E-state index in [1.54, 1.807) is 11.0 Å².